The molecule has 7 fully saturated rings. The van der Waals surface area contributed by atoms with Gasteiger partial charge in [-0.3, -0.25) is 19.2 Å². The summed E-state index contributed by atoms with van der Waals surface area (Å²) in [5, 5.41) is 12.0. The number of hydrogen-bond donors (Lipinski definition) is 4. The lowest BCUT2D eigenvalue weighted by Gasteiger charge is -2.56. The number of likely N-dealkylation sites (tertiary alicyclic amines) is 1. The van der Waals surface area contributed by atoms with Gasteiger partial charge in [-0.2, -0.15) is 0 Å². The standard InChI is InChI=1S/C38H55N5O5/c1-5-7-14-28(32(44)34(46)39-15-8-6-2)40-33(45)31-29-27(37(29,3)4)22-43(31)35(47)30(26-12-10-9-11-13-26)41-36(48)42-38-19-23-16-24(20-38)18-25(17-23)21-38/h2,5,23-31H,1,7-22H2,3-4H3,(H,39,46)(H,40,45)(H2,41,42,48)/t23?,24?,25?,27-,28?,29-,30-,31-,38?/m0/s1. The van der Waals surface area contributed by atoms with Crippen LogP contribution in [0.25, 0.3) is 0 Å². The van der Waals surface area contributed by atoms with Gasteiger partial charge in [0.2, 0.25) is 17.6 Å². The van der Waals surface area contributed by atoms with Crippen LogP contribution in [0.5, 0.6) is 0 Å². The largest absolute Gasteiger partial charge is 0.348 e. The van der Waals surface area contributed by atoms with Crippen molar-refractivity contribution < 1.29 is 24.0 Å². The molecule has 6 aliphatic carbocycles. The molecule has 1 aliphatic heterocycles. The fraction of sp³-hybridized carbons (Fsp3) is 0.763. The number of nitrogens with one attached hydrogen (secondary N) is 4. The minimum Gasteiger partial charge on any atom is -0.348 e. The average molecular weight is 662 g/mol. The highest BCUT2D eigenvalue weighted by Gasteiger charge is 2.70. The second kappa shape index (κ2) is 13.9. The van der Waals surface area contributed by atoms with E-state index in [1.807, 2.05) is 0 Å². The first kappa shape index (κ1) is 34.5. The van der Waals surface area contributed by atoms with Crippen molar-refractivity contribution in [1.29, 1.82) is 0 Å². The summed E-state index contributed by atoms with van der Waals surface area (Å²) >= 11 is 0. The fourth-order valence-electron chi connectivity index (χ4n) is 10.8. The zero-order valence-electron chi connectivity index (χ0n) is 28.9. The Hall–Kier alpha value is -3.35. The predicted octanol–water partition coefficient (Wildman–Crippen LogP) is 3.85. The van der Waals surface area contributed by atoms with Gasteiger partial charge in [-0.1, -0.05) is 39.2 Å². The molecule has 48 heavy (non-hydrogen) atoms. The smallest absolute Gasteiger partial charge is 0.315 e. The first-order valence-corrected chi connectivity index (χ1v) is 18.5. The quantitative estimate of drug-likeness (QED) is 0.103. The van der Waals surface area contributed by atoms with Crippen molar-refractivity contribution in [2.24, 2.45) is 40.9 Å². The third-order valence-corrected chi connectivity index (χ3v) is 12.9. The van der Waals surface area contributed by atoms with E-state index in [0.717, 1.165) is 51.4 Å². The summed E-state index contributed by atoms with van der Waals surface area (Å²) < 4.78 is 0. The van der Waals surface area contributed by atoms with Gasteiger partial charge in [-0.25, -0.2) is 4.79 Å². The van der Waals surface area contributed by atoms with Crippen molar-refractivity contribution in [1.82, 2.24) is 26.2 Å². The van der Waals surface area contributed by atoms with Crippen molar-refractivity contribution >= 4 is 29.5 Å². The molecular weight excluding hydrogens is 606 g/mol. The summed E-state index contributed by atoms with van der Waals surface area (Å²) in [7, 11) is 0. The van der Waals surface area contributed by atoms with Crippen LogP contribution < -0.4 is 21.3 Å². The molecule has 1 unspecified atom stereocenters. The molecule has 1 saturated heterocycles. The normalized spacial score (nSPS) is 33.8. The van der Waals surface area contributed by atoms with Gasteiger partial charge in [-0.05, 0) is 105 Å². The van der Waals surface area contributed by atoms with E-state index in [0.29, 0.717) is 30.7 Å². The van der Waals surface area contributed by atoms with Crippen LogP contribution in [0.1, 0.15) is 104 Å². The zero-order chi connectivity index (χ0) is 34.2. The Kier molecular flexibility index (Phi) is 9.98. The van der Waals surface area contributed by atoms with Gasteiger partial charge in [0.25, 0.3) is 5.91 Å². The predicted molar refractivity (Wildman–Crippen MR) is 182 cm³/mol. The Balaban J connectivity index is 1.18. The Morgan fingerprint density at radius 1 is 0.979 bits per heavy atom. The lowest BCUT2D eigenvalue weighted by molar-refractivity contribution is -0.144. The van der Waals surface area contributed by atoms with Gasteiger partial charge >= 0.3 is 6.03 Å². The highest BCUT2D eigenvalue weighted by Crippen LogP contribution is 2.65. The lowest BCUT2D eigenvalue weighted by atomic mass is 9.53. The van der Waals surface area contributed by atoms with Gasteiger partial charge in [0, 0.05) is 25.0 Å². The van der Waals surface area contributed by atoms with Crippen LogP contribution in [0.15, 0.2) is 12.7 Å². The van der Waals surface area contributed by atoms with Gasteiger partial charge in [-0.15, -0.1) is 18.9 Å². The third kappa shape index (κ3) is 6.89. The number of ketones is 1. The topological polar surface area (TPSA) is 137 Å². The van der Waals surface area contributed by atoms with Crippen molar-refractivity contribution in [3.63, 3.8) is 0 Å². The van der Waals surface area contributed by atoms with E-state index < -0.39 is 35.7 Å². The van der Waals surface area contributed by atoms with Crippen LogP contribution in [-0.2, 0) is 19.2 Å². The number of nitrogens with zero attached hydrogens (tertiary/aromatic N) is 1. The number of allylic oxidation sites excluding steroid dienone is 1. The molecule has 5 amide bonds. The molecule has 0 radical (unpaired) electrons. The van der Waals surface area contributed by atoms with E-state index in [1.54, 1.807) is 11.0 Å². The summed E-state index contributed by atoms with van der Waals surface area (Å²) in [6, 6.07) is -2.84. The van der Waals surface area contributed by atoms with Gasteiger partial charge in [0.15, 0.2) is 0 Å². The first-order chi connectivity index (χ1) is 23.0. The summed E-state index contributed by atoms with van der Waals surface area (Å²) in [4.78, 5) is 70.1. The molecule has 262 valence electrons. The number of fused-ring (bicyclic) bond motifs is 1. The number of carbonyl (C=O) groups excluding carboxylic acids is 5. The van der Waals surface area contributed by atoms with Crippen LogP contribution >= 0.6 is 0 Å². The molecule has 7 rings (SSSR count). The number of piperidine rings is 1. The summed E-state index contributed by atoms with van der Waals surface area (Å²) in [5.41, 5.74) is -0.323. The number of terminal acetylenes is 1. The monoisotopic (exact) mass is 661 g/mol. The molecule has 10 heteroatoms. The van der Waals surface area contributed by atoms with E-state index in [9.17, 15) is 24.0 Å². The van der Waals surface area contributed by atoms with E-state index >= 15 is 0 Å². The van der Waals surface area contributed by atoms with Crippen molar-refractivity contribution in [3.8, 4) is 12.3 Å². The molecule has 1 heterocycles. The van der Waals surface area contributed by atoms with Crippen LogP contribution in [0.4, 0.5) is 4.79 Å². The van der Waals surface area contributed by atoms with E-state index in [4.69, 9.17) is 6.42 Å². The molecule has 10 nitrogen and oxygen atoms in total. The lowest BCUT2D eigenvalue weighted by Crippen LogP contribution is -2.64. The molecule has 0 aromatic heterocycles. The maximum atomic E-state index is 14.6. The fourth-order valence-corrected chi connectivity index (χ4v) is 10.8. The molecule has 7 aliphatic rings. The zero-order valence-corrected chi connectivity index (χ0v) is 28.9. The molecule has 0 aromatic carbocycles. The Morgan fingerprint density at radius 3 is 2.23 bits per heavy atom. The summed E-state index contributed by atoms with van der Waals surface area (Å²) in [5.74, 6) is 2.35. The number of carbonyl (C=O) groups is 5. The highest BCUT2D eigenvalue weighted by molar-refractivity contribution is 6.38. The minimum atomic E-state index is -1.06. The van der Waals surface area contributed by atoms with Crippen LogP contribution in [0.2, 0.25) is 0 Å². The molecule has 4 N–H and O–H groups in total. The molecule has 0 aromatic rings. The summed E-state index contributed by atoms with van der Waals surface area (Å²) in [6.45, 7) is 8.54. The average Bonchev–Trinajstić information content (AvgIpc) is 3.35. The third-order valence-electron chi connectivity index (χ3n) is 12.9. The first-order valence-electron chi connectivity index (χ1n) is 18.5. The Bertz CT molecular complexity index is 1310. The number of amides is 5. The van der Waals surface area contributed by atoms with Crippen LogP contribution in [0.3, 0.4) is 0 Å². The van der Waals surface area contributed by atoms with Gasteiger partial charge in [0.1, 0.15) is 12.1 Å². The SMILES string of the molecule is C#CCCNC(=O)C(=O)C(CCC=C)NC(=O)[C@@H]1[C@@H]2[C@H](CN1C(=O)[C@@H](NC(=O)NC13CC4CC(CC(C4)C1)C3)C1CCCCC1)C2(C)C. The van der Waals surface area contributed by atoms with E-state index in [1.165, 1.54) is 19.3 Å². The Labute approximate surface area is 285 Å². The number of hydrogen-bond acceptors (Lipinski definition) is 5. The van der Waals surface area contributed by atoms with Crippen molar-refractivity contribution in [2.45, 2.75) is 127 Å². The number of Topliss-reactive ketones (excluding diaryl/α,β-unsaturated/α-hetero) is 1. The maximum absolute atomic E-state index is 14.6. The highest BCUT2D eigenvalue weighted by atomic mass is 16.2. The molecular formula is C38H55N5O5. The van der Waals surface area contributed by atoms with E-state index in [-0.39, 0.29) is 60.0 Å². The second-order valence-corrected chi connectivity index (χ2v) is 16.6. The maximum Gasteiger partial charge on any atom is 0.315 e. The number of urea groups is 1. The van der Waals surface area contributed by atoms with E-state index in [2.05, 4.69) is 47.6 Å². The van der Waals surface area contributed by atoms with Crippen LogP contribution in [0, 0.1) is 53.3 Å². The van der Waals surface area contributed by atoms with Gasteiger partial charge < -0.3 is 26.2 Å². The minimum absolute atomic E-state index is 0.00404. The van der Waals surface area contributed by atoms with Crippen LogP contribution in [-0.4, -0.2) is 71.2 Å². The molecule has 0 spiro atoms. The molecule has 5 atom stereocenters. The molecule has 6 saturated carbocycles. The Morgan fingerprint density at radius 2 is 1.62 bits per heavy atom. The van der Waals surface area contributed by atoms with Gasteiger partial charge in [0.05, 0.1) is 6.04 Å². The second-order valence-electron chi connectivity index (χ2n) is 16.6. The van der Waals surface area contributed by atoms with Crippen molar-refractivity contribution in [2.75, 3.05) is 13.1 Å². The number of rotatable bonds is 13. The summed E-state index contributed by atoms with van der Waals surface area (Å²) in [6.07, 6.45) is 19.6. The molecule has 4 bridgehead atoms. The van der Waals surface area contributed by atoms with Crippen molar-refractivity contribution in [3.05, 3.63) is 12.7 Å².